The van der Waals surface area contributed by atoms with Crippen LogP contribution in [0, 0.1) is 0 Å². The van der Waals surface area contributed by atoms with Gasteiger partial charge in [-0.3, -0.25) is 0 Å². The van der Waals surface area contributed by atoms with Crippen LogP contribution in [0.3, 0.4) is 0 Å². The fourth-order valence-electron chi connectivity index (χ4n) is 2.07. The summed E-state index contributed by atoms with van der Waals surface area (Å²) in [6, 6.07) is 1.70. The zero-order chi connectivity index (χ0) is 13.2. The van der Waals surface area contributed by atoms with Crippen LogP contribution < -0.4 is 5.73 Å². The molecule has 2 N–H and O–H groups in total. The van der Waals surface area contributed by atoms with Crippen molar-refractivity contribution < 1.29 is 8.42 Å². The molecule has 0 spiro atoms. The first kappa shape index (κ1) is 13.9. The van der Waals surface area contributed by atoms with Crippen molar-refractivity contribution in [2.24, 2.45) is 5.73 Å². The number of rotatable bonds is 4. The van der Waals surface area contributed by atoms with E-state index in [0.29, 0.717) is 24.5 Å². The van der Waals surface area contributed by atoms with Crippen molar-refractivity contribution in [2.45, 2.75) is 24.9 Å². The van der Waals surface area contributed by atoms with E-state index < -0.39 is 10.0 Å². The molecule has 0 amide bonds. The van der Waals surface area contributed by atoms with Gasteiger partial charge in [0.05, 0.1) is 0 Å². The maximum absolute atomic E-state index is 12.4. The predicted molar refractivity (Wildman–Crippen MR) is 74.1 cm³/mol. The minimum Gasteiger partial charge on any atom is -0.349 e. The number of nitrogens with two attached hydrogens (primary N) is 1. The lowest BCUT2D eigenvalue weighted by atomic mass is 10.4. The normalized spacial score (nSPS) is 18.1. The number of nitrogens with zero attached hydrogens (tertiary/aromatic N) is 2. The van der Waals surface area contributed by atoms with E-state index in [9.17, 15) is 8.42 Å². The highest BCUT2D eigenvalue weighted by Crippen LogP contribution is 2.22. The molecule has 7 heteroatoms. The standard InChI is InChI=1S/C11H19N3O2S2/c1-2-13-9-11(7-10(13)8-12)18(15,16)14-3-5-17-6-4-14/h7,9H,2-6,8,12H2,1H3. The molecule has 1 aromatic heterocycles. The first-order valence-electron chi connectivity index (χ1n) is 6.06. The molecular weight excluding hydrogens is 270 g/mol. The second-order valence-electron chi connectivity index (χ2n) is 4.17. The zero-order valence-electron chi connectivity index (χ0n) is 10.5. The van der Waals surface area contributed by atoms with E-state index >= 15 is 0 Å². The fraction of sp³-hybridized carbons (Fsp3) is 0.636. The molecule has 0 aliphatic carbocycles. The van der Waals surface area contributed by atoms with Crippen LogP contribution in [0.1, 0.15) is 12.6 Å². The molecule has 1 aliphatic heterocycles. The number of aryl methyl sites for hydroxylation is 1. The predicted octanol–water partition coefficient (Wildman–Crippen LogP) is 0.704. The summed E-state index contributed by atoms with van der Waals surface area (Å²) in [4.78, 5) is 0.372. The van der Waals surface area contributed by atoms with Crippen molar-refractivity contribution >= 4 is 21.8 Å². The van der Waals surface area contributed by atoms with Crippen LogP contribution in [0.15, 0.2) is 17.2 Å². The summed E-state index contributed by atoms with van der Waals surface area (Å²) in [5.41, 5.74) is 6.49. The molecular formula is C11H19N3O2S2. The van der Waals surface area contributed by atoms with Crippen LogP contribution in [0.5, 0.6) is 0 Å². The summed E-state index contributed by atoms with van der Waals surface area (Å²) >= 11 is 1.80. The van der Waals surface area contributed by atoms with Gasteiger partial charge in [0, 0.05) is 49.6 Å². The van der Waals surface area contributed by atoms with Crippen LogP contribution in [-0.2, 0) is 23.1 Å². The Labute approximate surface area is 112 Å². The Kier molecular flexibility index (Phi) is 4.37. The van der Waals surface area contributed by atoms with Crippen molar-refractivity contribution in [3.8, 4) is 0 Å². The highest BCUT2D eigenvalue weighted by Gasteiger charge is 2.27. The van der Waals surface area contributed by atoms with Crippen LogP contribution in [0.4, 0.5) is 0 Å². The first-order chi connectivity index (χ1) is 8.59. The average Bonchev–Trinajstić information content (AvgIpc) is 2.83. The Morgan fingerprint density at radius 1 is 1.39 bits per heavy atom. The Hall–Kier alpha value is -0.500. The topological polar surface area (TPSA) is 68.3 Å². The molecule has 0 radical (unpaired) electrons. The number of thioether (sulfide) groups is 1. The van der Waals surface area contributed by atoms with Crippen molar-refractivity contribution in [3.63, 3.8) is 0 Å². The van der Waals surface area contributed by atoms with Crippen molar-refractivity contribution in [2.75, 3.05) is 24.6 Å². The number of hydrogen-bond acceptors (Lipinski definition) is 4. The monoisotopic (exact) mass is 289 g/mol. The SMILES string of the molecule is CCn1cc(S(=O)(=O)N2CCSCC2)cc1CN. The van der Waals surface area contributed by atoms with Gasteiger partial charge in [0.15, 0.2) is 0 Å². The molecule has 102 valence electrons. The largest absolute Gasteiger partial charge is 0.349 e. The second kappa shape index (κ2) is 5.64. The average molecular weight is 289 g/mol. The van der Waals surface area contributed by atoms with E-state index in [1.807, 2.05) is 11.5 Å². The minimum atomic E-state index is -3.34. The Morgan fingerprint density at radius 2 is 2.06 bits per heavy atom. The lowest BCUT2D eigenvalue weighted by Gasteiger charge is -2.25. The third kappa shape index (κ3) is 2.59. The summed E-state index contributed by atoms with van der Waals surface area (Å²) in [6.07, 6.45) is 1.69. The molecule has 1 fully saturated rings. The van der Waals surface area contributed by atoms with Gasteiger partial charge in [-0.05, 0) is 13.0 Å². The number of hydrogen-bond donors (Lipinski definition) is 1. The molecule has 2 heterocycles. The van der Waals surface area contributed by atoms with E-state index in [2.05, 4.69) is 0 Å². The quantitative estimate of drug-likeness (QED) is 0.886. The molecule has 0 unspecified atom stereocenters. The summed E-state index contributed by atoms with van der Waals surface area (Å²) < 4.78 is 28.4. The van der Waals surface area contributed by atoms with E-state index in [4.69, 9.17) is 5.73 Å². The van der Waals surface area contributed by atoms with Crippen LogP contribution in [0.2, 0.25) is 0 Å². The highest BCUT2D eigenvalue weighted by molar-refractivity contribution is 7.99. The van der Waals surface area contributed by atoms with Gasteiger partial charge in [-0.2, -0.15) is 16.1 Å². The van der Waals surface area contributed by atoms with E-state index in [-0.39, 0.29) is 0 Å². The molecule has 18 heavy (non-hydrogen) atoms. The molecule has 0 atom stereocenters. The summed E-state index contributed by atoms with van der Waals surface area (Å²) in [5, 5.41) is 0. The third-order valence-corrected chi connectivity index (χ3v) is 5.92. The highest BCUT2D eigenvalue weighted by atomic mass is 32.2. The van der Waals surface area contributed by atoms with Crippen molar-refractivity contribution in [3.05, 3.63) is 18.0 Å². The van der Waals surface area contributed by atoms with Gasteiger partial charge in [-0.15, -0.1) is 0 Å². The minimum absolute atomic E-state index is 0.360. The molecule has 0 aromatic carbocycles. The summed E-state index contributed by atoms with van der Waals surface area (Å²) in [7, 11) is -3.34. The lowest BCUT2D eigenvalue weighted by Crippen LogP contribution is -2.37. The number of sulfonamides is 1. The summed E-state index contributed by atoms with van der Waals surface area (Å²) in [6.45, 7) is 4.27. The first-order valence-corrected chi connectivity index (χ1v) is 8.66. The van der Waals surface area contributed by atoms with Gasteiger partial charge in [0.25, 0.3) is 0 Å². The lowest BCUT2D eigenvalue weighted by molar-refractivity contribution is 0.443. The van der Waals surface area contributed by atoms with Gasteiger partial charge in [-0.25, -0.2) is 8.42 Å². The van der Waals surface area contributed by atoms with Crippen molar-refractivity contribution in [1.82, 2.24) is 8.87 Å². The fourth-order valence-corrected chi connectivity index (χ4v) is 4.71. The zero-order valence-corrected chi connectivity index (χ0v) is 12.1. The van der Waals surface area contributed by atoms with E-state index in [0.717, 1.165) is 23.7 Å². The summed E-state index contributed by atoms with van der Waals surface area (Å²) in [5.74, 6) is 1.74. The molecule has 1 saturated heterocycles. The molecule has 0 saturated carbocycles. The molecule has 1 aliphatic rings. The van der Waals surface area contributed by atoms with Crippen LogP contribution in [-0.4, -0.2) is 41.9 Å². The van der Waals surface area contributed by atoms with Crippen molar-refractivity contribution in [1.29, 1.82) is 0 Å². The Balaban J connectivity index is 2.31. The smallest absolute Gasteiger partial charge is 0.244 e. The molecule has 0 bridgehead atoms. The Bertz CT molecular complexity index is 483. The van der Waals surface area contributed by atoms with Crippen LogP contribution >= 0.6 is 11.8 Å². The molecule has 1 aromatic rings. The maximum atomic E-state index is 12.4. The molecule has 2 rings (SSSR count). The van der Waals surface area contributed by atoms with Gasteiger partial charge >= 0.3 is 0 Å². The molecule has 5 nitrogen and oxygen atoms in total. The third-order valence-electron chi connectivity index (χ3n) is 3.12. The van der Waals surface area contributed by atoms with Crippen LogP contribution in [0.25, 0.3) is 0 Å². The van der Waals surface area contributed by atoms with E-state index in [1.165, 1.54) is 0 Å². The van der Waals surface area contributed by atoms with Gasteiger partial charge in [0.2, 0.25) is 10.0 Å². The van der Waals surface area contributed by atoms with Gasteiger partial charge < -0.3 is 10.3 Å². The van der Waals surface area contributed by atoms with Gasteiger partial charge in [0.1, 0.15) is 4.90 Å². The van der Waals surface area contributed by atoms with E-state index in [1.54, 1.807) is 28.3 Å². The second-order valence-corrected chi connectivity index (χ2v) is 7.34. The van der Waals surface area contributed by atoms with Gasteiger partial charge in [-0.1, -0.05) is 0 Å². The Morgan fingerprint density at radius 3 is 2.56 bits per heavy atom. The maximum Gasteiger partial charge on any atom is 0.244 e. The number of aromatic nitrogens is 1.